The van der Waals surface area contributed by atoms with Crippen molar-refractivity contribution in [3.63, 3.8) is 0 Å². The molecule has 0 radical (unpaired) electrons. The van der Waals surface area contributed by atoms with Gasteiger partial charge < -0.3 is 34.8 Å². The average Bonchev–Trinajstić information content (AvgIpc) is 3.58. The van der Waals surface area contributed by atoms with Crippen LogP contribution in [0.5, 0.6) is 5.75 Å². The van der Waals surface area contributed by atoms with Gasteiger partial charge in [0.05, 0.1) is 48.6 Å². The highest BCUT2D eigenvalue weighted by molar-refractivity contribution is 7.17. The van der Waals surface area contributed by atoms with Crippen molar-refractivity contribution in [1.29, 1.82) is 0 Å². The van der Waals surface area contributed by atoms with E-state index >= 15 is 0 Å². The van der Waals surface area contributed by atoms with Gasteiger partial charge in [0.25, 0.3) is 5.91 Å². The van der Waals surface area contributed by atoms with Crippen LogP contribution < -0.4 is 25.2 Å². The first kappa shape index (κ1) is 32.2. The third-order valence-electron chi connectivity index (χ3n) is 8.05. The lowest BCUT2D eigenvalue weighted by Gasteiger charge is -2.38. The van der Waals surface area contributed by atoms with Crippen molar-refractivity contribution >= 4 is 62.9 Å². The molecule has 0 unspecified atom stereocenters. The van der Waals surface area contributed by atoms with Gasteiger partial charge in [0, 0.05) is 51.0 Å². The van der Waals surface area contributed by atoms with E-state index in [2.05, 4.69) is 38.1 Å². The number of morpholine rings is 1. The number of rotatable bonds is 9. The van der Waals surface area contributed by atoms with Crippen LogP contribution in [0.4, 0.5) is 28.1 Å². The molecule has 1 aromatic carbocycles. The van der Waals surface area contributed by atoms with Crippen LogP contribution in [0.3, 0.4) is 0 Å². The summed E-state index contributed by atoms with van der Waals surface area (Å²) in [6, 6.07) is 11.3. The van der Waals surface area contributed by atoms with Gasteiger partial charge in [-0.15, -0.1) is 0 Å². The molecule has 2 amide bonds. The first-order chi connectivity index (χ1) is 22.8. The normalized spacial score (nSPS) is 14.9. The monoisotopic (exact) mass is 674 g/mol. The largest absolute Gasteiger partial charge is 0.493 e. The maximum atomic E-state index is 13.0. The molecule has 2 saturated heterocycles. The van der Waals surface area contributed by atoms with E-state index in [0.29, 0.717) is 77.4 Å². The molecular formula is C33H35ClN8O4S. The molecule has 0 aliphatic carbocycles. The van der Waals surface area contributed by atoms with E-state index in [0.717, 1.165) is 35.7 Å². The molecule has 0 bridgehead atoms. The molecule has 14 heteroatoms. The standard InChI is InChI=1S/C33H35ClN8O4S/c1-4-28(43)41-10-12-42(13-11-41)31-25(40-14-16-46-17-15-40)18-22(19-35-31)24-8-9-26(45-3)30(37-24)39-33-36-20-27(47-33)32(44)38-29-21(2)6-5-7-23(29)34/h4-9,18-20H,1,10-17H2,2-3H3,(H,38,44)(H,36,37,39). The molecule has 0 saturated carbocycles. The lowest BCUT2D eigenvalue weighted by Crippen LogP contribution is -2.49. The van der Waals surface area contributed by atoms with Crippen LogP contribution >= 0.6 is 22.9 Å². The Hall–Kier alpha value is -4.72. The summed E-state index contributed by atoms with van der Waals surface area (Å²) in [5.41, 5.74) is 3.94. The van der Waals surface area contributed by atoms with Crippen molar-refractivity contribution in [3.8, 4) is 17.0 Å². The Morgan fingerprint density at radius 1 is 1.04 bits per heavy atom. The summed E-state index contributed by atoms with van der Waals surface area (Å²) in [6.07, 6.45) is 4.69. The second-order valence-electron chi connectivity index (χ2n) is 11.0. The topological polar surface area (TPSA) is 125 Å². The highest BCUT2D eigenvalue weighted by Crippen LogP contribution is 2.36. The second-order valence-corrected chi connectivity index (χ2v) is 12.4. The quantitative estimate of drug-likeness (QED) is 0.228. The number of nitrogens with one attached hydrogen (secondary N) is 2. The number of halogens is 1. The van der Waals surface area contributed by atoms with Gasteiger partial charge in [0.15, 0.2) is 22.5 Å². The fourth-order valence-corrected chi connectivity index (χ4v) is 6.48. The van der Waals surface area contributed by atoms with Gasteiger partial charge >= 0.3 is 0 Å². The average molecular weight is 675 g/mol. The van der Waals surface area contributed by atoms with Crippen LogP contribution in [0, 0.1) is 6.92 Å². The molecule has 47 heavy (non-hydrogen) atoms. The van der Waals surface area contributed by atoms with Crippen LogP contribution in [0.15, 0.2) is 61.4 Å². The van der Waals surface area contributed by atoms with Crippen LogP contribution in [-0.4, -0.2) is 91.3 Å². The molecule has 4 aromatic rings. The summed E-state index contributed by atoms with van der Waals surface area (Å²) in [4.78, 5) is 46.1. The molecule has 2 fully saturated rings. The fraction of sp³-hybridized carbons (Fsp3) is 0.303. The summed E-state index contributed by atoms with van der Waals surface area (Å²) in [7, 11) is 1.57. The summed E-state index contributed by atoms with van der Waals surface area (Å²) < 4.78 is 11.2. The third kappa shape index (κ3) is 7.17. The lowest BCUT2D eigenvalue weighted by atomic mass is 10.1. The number of hydrogen-bond donors (Lipinski definition) is 2. The number of ether oxygens (including phenoxy) is 2. The molecule has 2 aliphatic heterocycles. The predicted molar refractivity (Wildman–Crippen MR) is 186 cm³/mol. The summed E-state index contributed by atoms with van der Waals surface area (Å²) >= 11 is 7.49. The van der Waals surface area contributed by atoms with Crippen molar-refractivity contribution in [2.24, 2.45) is 0 Å². The highest BCUT2D eigenvalue weighted by Gasteiger charge is 2.26. The summed E-state index contributed by atoms with van der Waals surface area (Å²) in [5.74, 6) is 1.48. The summed E-state index contributed by atoms with van der Waals surface area (Å²) in [5, 5.41) is 7.05. The number of piperazine rings is 1. The molecule has 2 aliphatic rings. The predicted octanol–water partition coefficient (Wildman–Crippen LogP) is 5.24. The number of para-hydroxylation sites is 1. The van der Waals surface area contributed by atoms with Gasteiger partial charge in [-0.25, -0.2) is 15.0 Å². The number of aromatic nitrogens is 3. The Bertz CT molecular complexity index is 1770. The van der Waals surface area contributed by atoms with E-state index < -0.39 is 0 Å². The number of aryl methyl sites for hydroxylation is 1. The Labute approximate surface area is 282 Å². The van der Waals surface area contributed by atoms with Crippen LogP contribution in [0.1, 0.15) is 15.2 Å². The minimum Gasteiger partial charge on any atom is -0.493 e. The zero-order valence-electron chi connectivity index (χ0n) is 26.2. The Kier molecular flexibility index (Phi) is 9.85. The number of hydrogen-bond acceptors (Lipinski definition) is 11. The van der Waals surface area contributed by atoms with E-state index in [1.54, 1.807) is 18.1 Å². The Morgan fingerprint density at radius 3 is 2.55 bits per heavy atom. The number of anilines is 5. The minimum atomic E-state index is -0.309. The van der Waals surface area contributed by atoms with Gasteiger partial charge in [0.1, 0.15) is 4.88 Å². The van der Waals surface area contributed by atoms with Crippen molar-refractivity contribution < 1.29 is 19.1 Å². The van der Waals surface area contributed by atoms with Crippen molar-refractivity contribution in [3.05, 3.63) is 76.9 Å². The van der Waals surface area contributed by atoms with E-state index in [-0.39, 0.29) is 11.8 Å². The van der Waals surface area contributed by atoms with E-state index in [9.17, 15) is 9.59 Å². The molecule has 0 spiro atoms. The van der Waals surface area contributed by atoms with Gasteiger partial charge in [0.2, 0.25) is 5.91 Å². The molecule has 3 aromatic heterocycles. The Balaban J connectivity index is 1.24. The smallest absolute Gasteiger partial charge is 0.267 e. The number of methoxy groups -OCH3 is 1. The van der Waals surface area contributed by atoms with E-state index in [1.165, 1.54) is 23.6 Å². The van der Waals surface area contributed by atoms with Crippen molar-refractivity contribution in [1.82, 2.24) is 19.9 Å². The number of benzene rings is 1. The number of thiazole rings is 1. The number of nitrogens with zero attached hydrogens (tertiary/aromatic N) is 6. The van der Waals surface area contributed by atoms with Crippen molar-refractivity contribution in [2.45, 2.75) is 6.92 Å². The zero-order valence-corrected chi connectivity index (χ0v) is 27.7. The van der Waals surface area contributed by atoms with Gasteiger partial charge in [-0.05, 0) is 42.8 Å². The van der Waals surface area contributed by atoms with E-state index in [1.807, 2.05) is 37.4 Å². The molecule has 2 N–H and O–H groups in total. The highest BCUT2D eigenvalue weighted by atomic mass is 35.5. The van der Waals surface area contributed by atoms with Gasteiger partial charge in [-0.2, -0.15) is 0 Å². The number of carbonyl (C=O) groups is 2. The number of carbonyl (C=O) groups excluding carboxylic acids is 2. The lowest BCUT2D eigenvalue weighted by molar-refractivity contribution is -0.126. The number of pyridine rings is 2. The van der Waals surface area contributed by atoms with Gasteiger partial charge in [-0.3, -0.25) is 9.59 Å². The first-order valence-corrected chi connectivity index (χ1v) is 16.4. The SMILES string of the molecule is C=CC(=O)N1CCN(c2ncc(-c3ccc(OC)c(Nc4ncc(C(=O)Nc5c(C)cccc5Cl)s4)n3)cc2N2CCOCC2)CC1. The number of amides is 2. The van der Waals surface area contributed by atoms with Crippen LogP contribution in [0.2, 0.25) is 5.02 Å². The molecule has 244 valence electrons. The molecule has 6 rings (SSSR count). The zero-order chi connectivity index (χ0) is 32.9. The maximum Gasteiger partial charge on any atom is 0.267 e. The fourth-order valence-electron chi connectivity index (χ4n) is 5.50. The second kappa shape index (κ2) is 14.4. The van der Waals surface area contributed by atoms with Crippen LogP contribution in [0.25, 0.3) is 11.3 Å². The summed E-state index contributed by atoms with van der Waals surface area (Å²) in [6.45, 7) is 10.8. The molecule has 12 nitrogen and oxygen atoms in total. The Morgan fingerprint density at radius 2 is 1.83 bits per heavy atom. The first-order valence-electron chi connectivity index (χ1n) is 15.2. The molecular weight excluding hydrogens is 640 g/mol. The minimum absolute atomic E-state index is 0.0548. The molecule has 5 heterocycles. The third-order valence-corrected chi connectivity index (χ3v) is 9.28. The van der Waals surface area contributed by atoms with E-state index in [4.69, 9.17) is 31.0 Å². The molecule has 0 atom stereocenters. The van der Waals surface area contributed by atoms with Crippen LogP contribution in [-0.2, 0) is 9.53 Å². The van der Waals surface area contributed by atoms with Crippen molar-refractivity contribution in [2.75, 3.05) is 80.0 Å². The maximum absolute atomic E-state index is 13.0. The van der Waals surface area contributed by atoms with Gasteiger partial charge in [-0.1, -0.05) is 41.6 Å².